The summed E-state index contributed by atoms with van der Waals surface area (Å²) in [5, 5.41) is 12.2. The molecule has 0 bridgehead atoms. The number of hydrogen-bond acceptors (Lipinski definition) is 5. The third-order valence-corrected chi connectivity index (χ3v) is 7.34. The smallest absolute Gasteiger partial charge is 0.303 e. The van der Waals surface area contributed by atoms with E-state index in [4.69, 9.17) is 4.74 Å². The molecule has 0 saturated carbocycles. The third kappa shape index (κ3) is 6.13. The molecule has 1 unspecified atom stereocenters. The number of likely N-dealkylation sites (tertiary alicyclic amines) is 1. The zero-order valence-electron chi connectivity index (χ0n) is 19.2. The Labute approximate surface area is 203 Å². The number of ether oxygens (including phenoxy) is 1. The molecule has 34 heavy (non-hydrogen) atoms. The topological polar surface area (TPSA) is 62.7 Å². The average Bonchev–Trinajstić information content (AvgIpc) is 3.36. The number of benzene rings is 1. The molecule has 1 aliphatic rings. The zero-order chi connectivity index (χ0) is 23.9. The summed E-state index contributed by atoms with van der Waals surface area (Å²) in [6.07, 6.45) is 2.47. The Morgan fingerprint density at radius 3 is 3.00 bits per heavy atom. The van der Waals surface area contributed by atoms with Gasteiger partial charge >= 0.3 is 5.97 Å². The van der Waals surface area contributed by atoms with Gasteiger partial charge in [0.25, 0.3) is 0 Å². The number of piperidine rings is 1. The van der Waals surface area contributed by atoms with Crippen LogP contribution in [-0.2, 0) is 4.79 Å². The number of hydrogen-bond donors (Lipinski definition) is 1. The lowest BCUT2D eigenvalue weighted by molar-refractivity contribution is -0.139. The molecule has 2 aromatic heterocycles. The van der Waals surface area contributed by atoms with E-state index in [1.165, 1.54) is 0 Å². The molecule has 0 spiro atoms. The first-order valence-corrected chi connectivity index (χ1v) is 12.4. The minimum atomic E-state index is -1.14. The van der Waals surface area contributed by atoms with E-state index in [0.717, 1.165) is 28.7 Å². The number of alkyl halides is 1. The highest BCUT2D eigenvalue weighted by atomic mass is 32.1. The maximum Gasteiger partial charge on any atom is 0.303 e. The minimum absolute atomic E-state index is 0.00346. The highest BCUT2D eigenvalue weighted by Gasteiger charge is 2.31. The number of halogens is 1. The van der Waals surface area contributed by atoms with E-state index in [-0.39, 0.29) is 18.3 Å². The second kappa shape index (κ2) is 11.5. The Morgan fingerprint density at radius 1 is 1.35 bits per heavy atom. The van der Waals surface area contributed by atoms with Crippen molar-refractivity contribution in [3.05, 3.63) is 58.4 Å². The molecule has 1 saturated heterocycles. The maximum absolute atomic E-state index is 15.4. The fourth-order valence-corrected chi connectivity index (χ4v) is 5.38. The molecule has 0 amide bonds. The Balaban J connectivity index is 1.39. The molecule has 4 rings (SSSR count). The fourth-order valence-electron chi connectivity index (χ4n) is 4.79. The van der Waals surface area contributed by atoms with Gasteiger partial charge in [0.05, 0.1) is 24.0 Å². The minimum Gasteiger partial charge on any atom is -0.497 e. The summed E-state index contributed by atoms with van der Waals surface area (Å²) in [6, 6.07) is 11.2. The highest BCUT2D eigenvalue weighted by molar-refractivity contribution is 7.10. The second-order valence-electron chi connectivity index (χ2n) is 8.75. The van der Waals surface area contributed by atoms with Crippen molar-refractivity contribution in [3.63, 3.8) is 0 Å². The lowest BCUT2D eigenvalue weighted by atomic mass is 9.79. The lowest BCUT2D eigenvalue weighted by Crippen LogP contribution is -2.41. The molecule has 3 atom stereocenters. The van der Waals surface area contributed by atoms with Gasteiger partial charge in [0.1, 0.15) is 11.9 Å². The number of methoxy groups -OCH3 is 1. The Kier molecular flexibility index (Phi) is 8.15. The van der Waals surface area contributed by atoms with Crippen LogP contribution in [0.4, 0.5) is 4.39 Å². The normalized spacial score (nSPS) is 19.4. The van der Waals surface area contributed by atoms with Crippen LogP contribution in [0, 0.1) is 23.7 Å². The molecular formula is C27H29FN2O3S. The molecule has 7 heteroatoms. The SMILES string of the molecule is COc1ccc2nccc(C(F)CC[C@@H]3CCN(CC#Cc4cccs4)C[C@@H]3CC(=O)O)c2c1. The van der Waals surface area contributed by atoms with Crippen molar-refractivity contribution >= 4 is 28.2 Å². The van der Waals surface area contributed by atoms with Gasteiger partial charge in [-0.2, -0.15) is 0 Å². The summed E-state index contributed by atoms with van der Waals surface area (Å²) < 4.78 is 20.7. The predicted octanol–water partition coefficient (Wildman–Crippen LogP) is 5.56. The number of aromatic nitrogens is 1. The van der Waals surface area contributed by atoms with Gasteiger partial charge in [0.15, 0.2) is 0 Å². The maximum atomic E-state index is 15.4. The monoisotopic (exact) mass is 480 g/mol. The van der Waals surface area contributed by atoms with Gasteiger partial charge in [-0.1, -0.05) is 17.9 Å². The molecule has 1 fully saturated rings. The molecule has 1 aromatic carbocycles. The number of carboxylic acid groups (broad SMARTS) is 1. The van der Waals surface area contributed by atoms with Crippen LogP contribution in [0.15, 0.2) is 48.0 Å². The fraction of sp³-hybridized carbons (Fsp3) is 0.407. The first kappa shape index (κ1) is 24.2. The Morgan fingerprint density at radius 2 is 2.24 bits per heavy atom. The summed E-state index contributed by atoms with van der Waals surface area (Å²) in [6.45, 7) is 2.16. The van der Waals surface area contributed by atoms with E-state index in [2.05, 4.69) is 21.7 Å². The number of aliphatic carboxylic acids is 1. The molecule has 1 N–H and O–H groups in total. The predicted molar refractivity (Wildman–Crippen MR) is 133 cm³/mol. The quantitative estimate of drug-likeness (QED) is 0.428. The van der Waals surface area contributed by atoms with Gasteiger partial charge in [-0.05, 0) is 78.9 Å². The molecule has 0 radical (unpaired) electrons. The van der Waals surface area contributed by atoms with Gasteiger partial charge in [-0.3, -0.25) is 14.7 Å². The zero-order valence-corrected chi connectivity index (χ0v) is 20.1. The average molecular weight is 481 g/mol. The van der Waals surface area contributed by atoms with Crippen LogP contribution in [-0.4, -0.2) is 47.7 Å². The largest absolute Gasteiger partial charge is 0.497 e. The third-order valence-electron chi connectivity index (χ3n) is 6.56. The number of pyridine rings is 1. The standard InChI is InChI=1S/C27H29FN2O3S/c1-33-21-7-9-26-24(17-21)23(10-12-29-26)25(28)8-6-19-11-14-30(18-20(19)16-27(31)32)13-2-4-22-5-3-15-34-22/h3,5,7,9-10,12,15,17,19-20,25H,6,8,11,13-14,16,18H2,1H3,(H,31,32)/t19-,20+,25?/m1/s1. The van der Waals surface area contributed by atoms with Crippen LogP contribution in [0.3, 0.4) is 0 Å². The Bertz CT molecular complexity index is 1170. The molecule has 3 aromatic rings. The summed E-state index contributed by atoms with van der Waals surface area (Å²) in [4.78, 5) is 19.1. The van der Waals surface area contributed by atoms with Gasteiger partial charge < -0.3 is 9.84 Å². The molecular weight excluding hydrogens is 451 g/mol. The first-order chi connectivity index (χ1) is 16.5. The van der Waals surface area contributed by atoms with Crippen molar-refractivity contribution in [2.75, 3.05) is 26.7 Å². The van der Waals surface area contributed by atoms with E-state index < -0.39 is 12.1 Å². The van der Waals surface area contributed by atoms with E-state index in [1.807, 2.05) is 35.7 Å². The van der Waals surface area contributed by atoms with Crippen LogP contribution in [0.5, 0.6) is 5.75 Å². The lowest BCUT2D eigenvalue weighted by Gasteiger charge is -2.37. The summed E-state index contributed by atoms with van der Waals surface area (Å²) in [5.41, 5.74) is 1.35. The molecule has 5 nitrogen and oxygen atoms in total. The van der Waals surface area contributed by atoms with Crippen LogP contribution >= 0.6 is 11.3 Å². The number of nitrogens with zero attached hydrogens (tertiary/aromatic N) is 2. The Hall–Kier alpha value is -2.95. The second-order valence-corrected chi connectivity index (χ2v) is 9.70. The van der Waals surface area contributed by atoms with E-state index in [0.29, 0.717) is 37.2 Å². The van der Waals surface area contributed by atoms with Crippen molar-refractivity contribution in [1.29, 1.82) is 0 Å². The highest BCUT2D eigenvalue weighted by Crippen LogP contribution is 2.36. The van der Waals surface area contributed by atoms with Crippen molar-refractivity contribution < 1.29 is 19.0 Å². The molecule has 0 aliphatic carbocycles. The van der Waals surface area contributed by atoms with Crippen molar-refractivity contribution in [3.8, 4) is 17.6 Å². The van der Waals surface area contributed by atoms with Crippen LogP contribution < -0.4 is 4.74 Å². The van der Waals surface area contributed by atoms with Gasteiger partial charge in [0, 0.05) is 24.5 Å². The summed E-state index contributed by atoms with van der Waals surface area (Å²) in [7, 11) is 1.59. The van der Waals surface area contributed by atoms with Gasteiger partial charge in [0.2, 0.25) is 0 Å². The molecule has 1 aliphatic heterocycles. The number of fused-ring (bicyclic) bond motifs is 1. The number of rotatable bonds is 8. The van der Waals surface area contributed by atoms with Crippen molar-refractivity contribution in [2.45, 2.75) is 31.9 Å². The van der Waals surface area contributed by atoms with Gasteiger partial charge in [-0.15, -0.1) is 11.3 Å². The van der Waals surface area contributed by atoms with Crippen LogP contribution in [0.25, 0.3) is 10.9 Å². The first-order valence-electron chi connectivity index (χ1n) is 11.6. The van der Waals surface area contributed by atoms with Crippen molar-refractivity contribution in [2.24, 2.45) is 11.8 Å². The van der Waals surface area contributed by atoms with Gasteiger partial charge in [-0.25, -0.2) is 4.39 Å². The number of carbonyl (C=O) groups is 1. The van der Waals surface area contributed by atoms with E-state index in [1.54, 1.807) is 30.7 Å². The van der Waals surface area contributed by atoms with Crippen LogP contribution in [0.2, 0.25) is 0 Å². The van der Waals surface area contributed by atoms with Crippen LogP contribution in [0.1, 0.15) is 42.3 Å². The van der Waals surface area contributed by atoms with E-state index in [9.17, 15) is 9.90 Å². The van der Waals surface area contributed by atoms with Crippen molar-refractivity contribution in [1.82, 2.24) is 9.88 Å². The summed E-state index contributed by atoms with van der Waals surface area (Å²) >= 11 is 1.61. The number of thiophene rings is 1. The number of carboxylic acids is 1. The summed E-state index contributed by atoms with van der Waals surface area (Å²) in [5.74, 6) is 6.42. The molecule has 3 heterocycles. The van der Waals surface area contributed by atoms with E-state index >= 15 is 4.39 Å². The molecule has 178 valence electrons.